The number of nitro benzene ring substituents is 1. The van der Waals surface area contributed by atoms with E-state index in [-0.39, 0.29) is 11.5 Å². The van der Waals surface area contributed by atoms with Gasteiger partial charge in [-0.1, -0.05) is 0 Å². The summed E-state index contributed by atoms with van der Waals surface area (Å²) in [6.45, 7) is 5.27. The quantitative estimate of drug-likeness (QED) is 0.543. The van der Waals surface area contributed by atoms with Crippen LogP contribution >= 0.6 is 0 Å². The number of nitrogens with one attached hydrogen (secondary N) is 2. The first-order valence-electron chi connectivity index (χ1n) is 7.81. The van der Waals surface area contributed by atoms with Gasteiger partial charge in [-0.3, -0.25) is 20.5 Å². The van der Waals surface area contributed by atoms with E-state index in [1.54, 1.807) is 45.2 Å². The molecule has 0 saturated heterocycles. The van der Waals surface area contributed by atoms with Crippen molar-refractivity contribution in [2.45, 2.75) is 26.4 Å². The van der Waals surface area contributed by atoms with E-state index in [4.69, 9.17) is 4.74 Å². The second-order valence-corrected chi connectivity index (χ2v) is 6.64. The van der Waals surface area contributed by atoms with Crippen molar-refractivity contribution in [1.82, 2.24) is 15.2 Å². The van der Waals surface area contributed by atoms with Gasteiger partial charge in [-0.2, -0.15) is 5.10 Å². The predicted octanol–water partition coefficient (Wildman–Crippen LogP) is 3.88. The smallest absolute Gasteiger partial charge is 0.413 e. The summed E-state index contributed by atoms with van der Waals surface area (Å²) >= 11 is 0. The fraction of sp³-hybridized carbons (Fsp3) is 0.235. The van der Waals surface area contributed by atoms with Crippen LogP contribution in [0.25, 0.3) is 22.0 Å². The van der Waals surface area contributed by atoms with Gasteiger partial charge in [-0.25, -0.2) is 9.78 Å². The highest BCUT2D eigenvalue weighted by atomic mass is 16.6. The van der Waals surface area contributed by atoms with Gasteiger partial charge in [-0.15, -0.1) is 0 Å². The summed E-state index contributed by atoms with van der Waals surface area (Å²) in [5, 5.41) is 21.3. The number of hydrogen-bond acceptors (Lipinski definition) is 6. The maximum absolute atomic E-state index is 11.8. The Hall–Kier alpha value is -3.49. The molecule has 0 saturated carbocycles. The zero-order valence-corrected chi connectivity index (χ0v) is 14.4. The fourth-order valence-corrected chi connectivity index (χ4v) is 2.40. The minimum absolute atomic E-state index is 0.0589. The van der Waals surface area contributed by atoms with Crippen LogP contribution in [0.1, 0.15) is 20.8 Å². The second kappa shape index (κ2) is 6.43. The van der Waals surface area contributed by atoms with Crippen molar-refractivity contribution in [3.63, 3.8) is 0 Å². The number of amides is 1. The number of aromatic amines is 1. The molecule has 9 heteroatoms. The number of aromatic nitrogens is 3. The number of benzene rings is 1. The number of rotatable bonds is 3. The van der Waals surface area contributed by atoms with Gasteiger partial charge in [0.15, 0.2) is 0 Å². The summed E-state index contributed by atoms with van der Waals surface area (Å²) in [6, 6.07) is 6.32. The minimum Gasteiger partial charge on any atom is -0.444 e. The molecule has 9 nitrogen and oxygen atoms in total. The van der Waals surface area contributed by atoms with Gasteiger partial charge in [-0.05, 0) is 39.0 Å². The molecule has 0 radical (unpaired) electrons. The van der Waals surface area contributed by atoms with Crippen LogP contribution in [0.15, 0.2) is 36.7 Å². The molecule has 2 aromatic heterocycles. The van der Waals surface area contributed by atoms with E-state index in [0.717, 1.165) is 5.39 Å². The van der Waals surface area contributed by atoms with E-state index in [0.29, 0.717) is 16.6 Å². The lowest BCUT2D eigenvalue weighted by atomic mass is 10.0. The van der Waals surface area contributed by atoms with Gasteiger partial charge in [0.2, 0.25) is 0 Å². The highest BCUT2D eigenvalue weighted by Crippen LogP contribution is 2.33. The molecule has 1 aromatic carbocycles. The van der Waals surface area contributed by atoms with Gasteiger partial charge in [0.1, 0.15) is 11.4 Å². The Morgan fingerprint density at radius 1 is 1.27 bits per heavy atom. The van der Waals surface area contributed by atoms with E-state index in [1.165, 1.54) is 12.3 Å². The largest absolute Gasteiger partial charge is 0.444 e. The van der Waals surface area contributed by atoms with E-state index in [9.17, 15) is 14.9 Å². The van der Waals surface area contributed by atoms with Gasteiger partial charge in [0.25, 0.3) is 5.69 Å². The number of nitrogens with zero attached hydrogens (tertiary/aromatic N) is 3. The van der Waals surface area contributed by atoms with Crippen LogP contribution in [0.5, 0.6) is 0 Å². The number of carbonyl (C=O) groups is 1. The molecule has 2 N–H and O–H groups in total. The van der Waals surface area contributed by atoms with Crippen LogP contribution < -0.4 is 5.32 Å². The standard InChI is InChI=1S/C17H17N5O4/c1-17(2,3)26-16(23)20-15-5-4-10(8-18-15)12-6-11-9-19-21-13(11)7-14(12)22(24)25/h4-9H,1-3H3,(H,19,21)(H,18,20,23). The molecule has 134 valence electrons. The average Bonchev–Trinajstić information content (AvgIpc) is 3.00. The Kier molecular flexibility index (Phi) is 4.29. The fourth-order valence-electron chi connectivity index (χ4n) is 2.40. The average molecular weight is 355 g/mol. The maximum Gasteiger partial charge on any atom is 0.413 e. The molecule has 2 heterocycles. The first-order valence-corrected chi connectivity index (χ1v) is 7.81. The number of H-pyrrole nitrogens is 1. The second-order valence-electron chi connectivity index (χ2n) is 6.64. The number of carbonyl (C=O) groups excluding carboxylic acids is 1. The summed E-state index contributed by atoms with van der Waals surface area (Å²) in [5.74, 6) is 0.287. The SMILES string of the molecule is CC(C)(C)OC(=O)Nc1ccc(-c2cc3cn[nH]c3cc2[N+](=O)[O-])cn1. The zero-order chi connectivity index (χ0) is 18.9. The monoisotopic (exact) mass is 355 g/mol. The van der Waals surface area contributed by atoms with E-state index in [1.807, 2.05) is 0 Å². The number of hydrogen-bond donors (Lipinski definition) is 2. The third kappa shape index (κ3) is 3.77. The molecule has 0 spiro atoms. The highest BCUT2D eigenvalue weighted by Gasteiger charge is 2.19. The Bertz CT molecular complexity index is 973. The first kappa shape index (κ1) is 17.3. The highest BCUT2D eigenvalue weighted by molar-refractivity contribution is 5.90. The van der Waals surface area contributed by atoms with E-state index >= 15 is 0 Å². The van der Waals surface area contributed by atoms with Crippen molar-refractivity contribution >= 4 is 28.5 Å². The molecule has 3 rings (SSSR count). The van der Waals surface area contributed by atoms with E-state index in [2.05, 4.69) is 20.5 Å². The topological polar surface area (TPSA) is 123 Å². The van der Waals surface area contributed by atoms with Crippen LogP contribution in [0, 0.1) is 10.1 Å². The summed E-state index contributed by atoms with van der Waals surface area (Å²) in [4.78, 5) is 26.8. The van der Waals surface area contributed by atoms with E-state index < -0.39 is 16.6 Å². The molecule has 0 aliphatic rings. The predicted molar refractivity (Wildman–Crippen MR) is 95.8 cm³/mol. The Morgan fingerprint density at radius 3 is 2.65 bits per heavy atom. The molecule has 0 fully saturated rings. The van der Waals surface area contributed by atoms with Crippen molar-refractivity contribution in [2.75, 3.05) is 5.32 Å². The lowest BCUT2D eigenvalue weighted by Crippen LogP contribution is -2.27. The van der Waals surface area contributed by atoms with Gasteiger partial charge in [0, 0.05) is 23.2 Å². The normalized spacial score (nSPS) is 11.3. The molecule has 0 aliphatic heterocycles. The molecule has 3 aromatic rings. The first-order chi connectivity index (χ1) is 12.2. The van der Waals surface area contributed by atoms with Crippen molar-refractivity contribution in [2.24, 2.45) is 0 Å². The third-order valence-electron chi connectivity index (χ3n) is 3.46. The Balaban J connectivity index is 1.89. The van der Waals surface area contributed by atoms with Crippen LogP contribution in [-0.2, 0) is 4.74 Å². The number of ether oxygens (including phenoxy) is 1. The van der Waals surface area contributed by atoms with Crippen molar-refractivity contribution in [3.05, 3.63) is 46.8 Å². The van der Waals surface area contributed by atoms with Gasteiger partial charge in [0.05, 0.1) is 22.2 Å². The number of anilines is 1. The van der Waals surface area contributed by atoms with Crippen molar-refractivity contribution in [3.8, 4) is 11.1 Å². The van der Waals surface area contributed by atoms with Crippen molar-refractivity contribution < 1.29 is 14.5 Å². The van der Waals surface area contributed by atoms with Gasteiger partial charge < -0.3 is 4.74 Å². The van der Waals surface area contributed by atoms with Crippen LogP contribution in [-0.4, -0.2) is 31.8 Å². The molecule has 0 bridgehead atoms. The van der Waals surface area contributed by atoms with Gasteiger partial charge >= 0.3 is 6.09 Å². The molecule has 0 unspecified atom stereocenters. The third-order valence-corrected chi connectivity index (χ3v) is 3.46. The Labute approximate surface area is 148 Å². The van der Waals surface area contributed by atoms with Crippen LogP contribution in [0.4, 0.5) is 16.3 Å². The summed E-state index contributed by atoms with van der Waals surface area (Å²) in [6.07, 6.45) is 2.43. The maximum atomic E-state index is 11.8. The van der Waals surface area contributed by atoms with Crippen LogP contribution in [0.3, 0.4) is 0 Å². The molecule has 0 aliphatic carbocycles. The lowest BCUT2D eigenvalue weighted by molar-refractivity contribution is -0.384. The number of nitro groups is 1. The summed E-state index contributed by atoms with van der Waals surface area (Å²) < 4.78 is 5.16. The molecular formula is C17H17N5O4. The van der Waals surface area contributed by atoms with Crippen LogP contribution in [0.2, 0.25) is 0 Å². The minimum atomic E-state index is -0.622. The summed E-state index contributed by atoms with van der Waals surface area (Å²) in [7, 11) is 0. The number of pyridine rings is 1. The molecular weight excluding hydrogens is 338 g/mol. The van der Waals surface area contributed by atoms with Crippen molar-refractivity contribution in [1.29, 1.82) is 0 Å². The summed E-state index contributed by atoms with van der Waals surface area (Å²) in [5.41, 5.74) is 0.868. The zero-order valence-electron chi connectivity index (χ0n) is 14.4. The number of fused-ring (bicyclic) bond motifs is 1. The lowest BCUT2D eigenvalue weighted by Gasteiger charge is -2.19. The molecule has 0 atom stereocenters. The molecule has 1 amide bonds. The molecule has 26 heavy (non-hydrogen) atoms. The Morgan fingerprint density at radius 2 is 2.04 bits per heavy atom.